The van der Waals surface area contributed by atoms with Crippen molar-refractivity contribution in [3.63, 3.8) is 0 Å². The Morgan fingerprint density at radius 3 is 2.61 bits per heavy atom. The standard InChI is InChI=1S/C47H53ClN8O7S/c1-47(2)16-14-33(40(26-47)31-6-8-34(48)9-7-31)29-53-18-20-54(21-19-53)42-5-3-4-39(44(42)63-36-24-32-15-17-49-45(32)51-27-36)46(57)52-64(60,61)38-12-13-41(43(25-38)56(58)59)50-28-37-30-55(22-23-62-37)35-10-11-35/h3-9,12-13,15,17,24-25,27,35,37,50H,10-11,14,16,18-23,26,28-30H2,1-2H3,(H,49,51)(H,52,57)/t37-/m1/s1. The van der Waals surface area contributed by atoms with Crippen molar-refractivity contribution in [3.8, 4) is 11.5 Å². The molecule has 64 heavy (non-hydrogen) atoms. The number of nitro benzene ring substituents is 1. The number of nitrogens with zero attached hydrogens (tertiary/aromatic N) is 5. The lowest BCUT2D eigenvalue weighted by molar-refractivity contribution is -0.384. The summed E-state index contributed by atoms with van der Waals surface area (Å²) in [6.45, 7) is 10.7. The van der Waals surface area contributed by atoms with E-state index >= 15 is 0 Å². The molecule has 4 heterocycles. The minimum atomic E-state index is -4.60. The summed E-state index contributed by atoms with van der Waals surface area (Å²) in [7, 11) is -4.60. The topological polar surface area (TPSA) is 175 Å². The van der Waals surface area contributed by atoms with Gasteiger partial charge in [0.25, 0.3) is 21.6 Å². The second-order valence-corrected chi connectivity index (χ2v) is 20.1. The van der Waals surface area contributed by atoms with E-state index in [4.69, 9.17) is 21.1 Å². The van der Waals surface area contributed by atoms with Crippen molar-refractivity contribution >= 4 is 61.2 Å². The number of para-hydroxylation sites is 1. The van der Waals surface area contributed by atoms with Crippen LogP contribution in [0.4, 0.5) is 17.1 Å². The van der Waals surface area contributed by atoms with Gasteiger partial charge in [0.15, 0.2) is 5.75 Å². The van der Waals surface area contributed by atoms with E-state index in [9.17, 15) is 23.3 Å². The van der Waals surface area contributed by atoms with E-state index in [1.54, 1.807) is 24.5 Å². The summed E-state index contributed by atoms with van der Waals surface area (Å²) < 4.78 is 42.3. The molecule has 1 saturated carbocycles. The Kier molecular flexibility index (Phi) is 12.4. The number of benzene rings is 3. The number of aromatic nitrogens is 2. The molecule has 0 unspecified atom stereocenters. The van der Waals surface area contributed by atoms with Crippen molar-refractivity contribution in [2.45, 2.75) is 63.0 Å². The third-order valence-corrected chi connectivity index (χ3v) is 14.4. The number of anilines is 2. The molecule has 1 atom stereocenters. The molecule has 2 aliphatic carbocycles. The highest BCUT2D eigenvalue weighted by molar-refractivity contribution is 7.90. The lowest BCUT2D eigenvalue weighted by Gasteiger charge is -2.39. The fraction of sp³-hybridized carbons (Fsp3) is 0.404. The van der Waals surface area contributed by atoms with E-state index in [1.807, 2.05) is 24.3 Å². The highest BCUT2D eigenvalue weighted by Crippen LogP contribution is 2.44. The molecule has 17 heteroatoms. The summed E-state index contributed by atoms with van der Waals surface area (Å²) in [6, 6.07) is 21.0. The zero-order valence-electron chi connectivity index (χ0n) is 36.0. The molecule has 2 aliphatic heterocycles. The maximum Gasteiger partial charge on any atom is 0.293 e. The number of pyridine rings is 1. The summed E-state index contributed by atoms with van der Waals surface area (Å²) in [4.78, 5) is 39.9. The van der Waals surface area contributed by atoms with Gasteiger partial charge in [-0.2, -0.15) is 0 Å². The van der Waals surface area contributed by atoms with Gasteiger partial charge >= 0.3 is 0 Å². The van der Waals surface area contributed by atoms with Gasteiger partial charge in [0.05, 0.1) is 40.0 Å². The highest BCUT2D eigenvalue weighted by Gasteiger charge is 2.34. The van der Waals surface area contributed by atoms with Crippen LogP contribution in [-0.4, -0.2) is 110 Å². The first-order valence-corrected chi connectivity index (χ1v) is 23.8. The van der Waals surface area contributed by atoms with Gasteiger partial charge in [-0.3, -0.25) is 24.7 Å². The van der Waals surface area contributed by atoms with E-state index in [2.05, 4.69) is 60.7 Å². The number of sulfonamides is 1. The molecule has 336 valence electrons. The van der Waals surface area contributed by atoms with Gasteiger partial charge in [-0.1, -0.05) is 49.2 Å². The lowest BCUT2D eigenvalue weighted by atomic mass is 9.72. The number of halogens is 1. The summed E-state index contributed by atoms with van der Waals surface area (Å²) >= 11 is 6.26. The molecule has 3 fully saturated rings. The normalized spacial score (nSPS) is 19.7. The van der Waals surface area contributed by atoms with Gasteiger partial charge in [0.1, 0.15) is 17.1 Å². The number of carbonyl (C=O) groups is 1. The van der Waals surface area contributed by atoms with Gasteiger partial charge < -0.3 is 24.7 Å². The number of fused-ring (bicyclic) bond motifs is 1. The van der Waals surface area contributed by atoms with Crippen molar-refractivity contribution in [2.24, 2.45) is 5.41 Å². The second kappa shape index (κ2) is 18.2. The maximum absolute atomic E-state index is 14.2. The molecule has 4 aliphatic rings. The largest absolute Gasteiger partial charge is 0.453 e. The Balaban J connectivity index is 0.941. The van der Waals surface area contributed by atoms with Crippen molar-refractivity contribution in [2.75, 3.05) is 69.2 Å². The molecule has 2 saturated heterocycles. The maximum atomic E-state index is 14.2. The molecular formula is C47H53ClN8O7S. The number of allylic oxidation sites excluding steroid dienone is 1. The van der Waals surface area contributed by atoms with E-state index in [1.165, 1.54) is 47.8 Å². The summed E-state index contributed by atoms with van der Waals surface area (Å²) in [5.74, 6) is -0.430. The average molecular weight is 910 g/mol. The van der Waals surface area contributed by atoms with Crippen molar-refractivity contribution in [1.82, 2.24) is 24.5 Å². The smallest absolute Gasteiger partial charge is 0.293 e. The lowest BCUT2D eigenvalue weighted by Crippen LogP contribution is -2.47. The van der Waals surface area contributed by atoms with Gasteiger partial charge in [0, 0.05) is 81.1 Å². The molecule has 0 spiro atoms. The Morgan fingerprint density at radius 1 is 1.05 bits per heavy atom. The molecule has 1 amide bonds. The van der Waals surface area contributed by atoms with E-state index < -0.39 is 31.4 Å². The number of rotatable bonds is 14. The molecular weight excluding hydrogens is 856 g/mol. The second-order valence-electron chi connectivity index (χ2n) is 18.0. The Bertz CT molecular complexity index is 2690. The Morgan fingerprint density at radius 2 is 1.84 bits per heavy atom. The number of ether oxygens (including phenoxy) is 2. The van der Waals surface area contributed by atoms with Crippen LogP contribution >= 0.6 is 11.6 Å². The fourth-order valence-corrected chi connectivity index (χ4v) is 10.2. The van der Waals surface area contributed by atoms with Crippen LogP contribution < -0.4 is 19.7 Å². The van der Waals surface area contributed by atoms with Gasteiger partial charge in [-0.15, -0.1) is 0 Å². The third-order valence-electron chi connectivity index (χ3n) is 12.8. The molecule has 0 radical (unpaired) electrons. The zero-order valence-corrected chi connectivity index (χ0v) is 37.6. The molecule has 9 rings (SSSR count). The fourth-order valence-electron chi connectivity index (χ4n) is 9.11. The first-order valence-electron chi connectivity index (χ1n) is 21.9. The third kappa shape index (κ3) is 9.91. The SMILES string of the molecule is CC1(C)CCC(CN2CCN(c3cccc(C(=O)NS(=O)(=O)c4ccc(NC[C@@H]5CN(C6CC6)CCO5)c([N+](=O)[O-])c4)c3Oc3cnc4[nH]ccc4c3)CC2)=C(c2ccc(Cl)cc2)C1. The van der Waals surface area contributed by atoms with Crippen LogP contribution in [0.3, 0.4) is 0 Å². The molecule has 0 bridgehead atoms. The number of aromatic amines is 1. The first-order chi connectivity index (χ1) is 30.8. The summed E-state index contributed by atoms with van der Waals surface area (Å²) in [6.07, 6.45) is 8.60. The minimum absolute atomic E-state index is 0.0271. The predicted octanol–water partition coefficient (Wildman–Crippen LogP) is 8.10. The van der Waals surface area contributed by atoms with E-state index in [0.29, 0.717) is 55.9 Å². The first kappa shape index (κ1) is 43.7. The molecule has 5 aromatic rings. The molecule has 3 aromatic carbocycles. The van der Waals surface area contributed by atoms with Crippen LogP contribution in [0.25, 0.3) is 16.6 Å². The number of piperazine rings is 1. The predicted molar refractivity (Wildman–Crippen MR) is 248 cm³/mol. The van der Waals surface area contributed by atoms with Crippen LogP contribution in [0.15, 0.2) is 95.7 Å². The average Bonchev–Trinajstić information content (AvgIpc) is 4.04. The monoisotopic (exact) mass is 908 g/mol. The Labute approximate surface area is 378 Å². The van der Waals surface area contributed by atoms with E-state index in [0.717, 1.165) is 61.9 Å². The van der Waals surface area contributed by atoms with Gasteiger partial charge in [-0.25, -0.2) is 18.1 Å². The highest BCUT2D eigenvalue weighted by atomic mass is 35.5. The number of carbonyl (C=O) groups excluding carboxylic acids is 1. The number of nitro groups is 1. The van der Waals surface area contributed by atoms with E-state index in [-0.39, 0.29) is 28.5 Å². The Hall–Kier alpha value is -5.52. The van der Waals surface area contributed by atoms with Crippen LogP contribution in [0.5, 0.6) is 11.5 Å². The number of hydrogen-bond acceptors (Lipinski definition) is 12. The van der Waals surface area contributed by atoms with Crippen LogP contribution in [0.2, 0.25) is 5.02 Å². The number of nitrogens with one attached hydrogen (secondary N) is 3. The quantitative estimate of drug-likeness (QED) is 0.0723. The van der Waals surface area contributed by atoms with Crippen LogP contribution in [-0.2, 0) is 14.8 Å². The number of H-pyrrole nitrogens is 1. The van der Waals surface area contributed by atoms with Gasteiger partial charge in [0.2, 0.25) is 0 Å². The number of morpholine rings is 1. The minimum Gasteiger partial charge on any atom is -0.453 e. The number of hydrogen-bond donors (Lipinski definition) is 3. The summed E-state index contributed by atoms with van der Waals surface area (Å²) in [5.41, 5.74) is 5.21. The van der Waals surface area contributed by atoms with Crippen molar-refractivity contribution in [1.29, 1.82) is 0 Å². The van der Waals surface area contributed by atoms with Crippen molar-refractivity contribution in [3.05, 3.63) is 117 Å². The zero-order chi connectivity index (χ0) is 44.6. The van der Waals surface area contributed by atoms with Crippen LogP contribution in [0.1, 0.15) is 61.9 Å². The molecule has 3 N–H and O–H groups in total. The van der Waals surface area contributed by atoms with Gasteiger partial charge in [-0.05, 0) is 97.2 Å². The molecule has 2 aromatic heterocycles. The summed E-state index contributed by atoms with van der Waals surface area (Å²) in [5, 5.41) is 16.9. The molecule has 15 nitrogen and oxygen atoms in total. The van der Waals surface area contributed by atoms with Crippen molar-refractivity contribution < 1.29 is 27.6 Å². The van der Waals surface area contributed by atoms with Crippen LogP contribution in [0, 0.1) is 15.5 Å². The number of amides is 1.